The zero-order valence-corrected chi connectivity index (χ0v) is 11.6. The van der Waals surface area contributed by atoms with E-state index < -0.39 is 21.1 Å². The Morgan fingerprint density at radius 3 is 2.56 bits per heavy atom. The van der Waals surface area contributed by atoms with Crippen LogP contribution in [-0.4, -0.2) is 14.2 Å². The zero-order valence-electron chi connectivity index (χ0n) is 10.1. The maximum absolute atomic E-state index is 12.9. The second kappa shape index (κ2) is 5.25. The number of benzene rings is 1. The molecular weight excluding hydrogens is 277 g/mol. The average Bonchev–Trinajstić information content (AvgIpc) is 2.30. The SMILES string of the molecule is CC(C)(C#N)CCS(=O)(=O)c1ccc(F)c(Cl)c1. The zero-order chi connectivity index (χ0) is 14.0. The van der Waals surface area contributed by atoms with Gasteiger partial charge in [0.15, 0.2) is 9.84 Å². The Morgan fingerprint density at radius 1 is 1.44 bits per heavy atom. The maximum atomic E-state index is 12.9. The molecule has 0 unspecified atom stereocenters. The molecule has 3 nitrogen and oxygen atoms in total. The lowest BCUT2D eigenvalue weighted by Gasteiger charge is -2.14. The smallest absolute Gasteiger partial charge is 0.178 e. The third-order valence-electron chi connectivity index (χ3n) is 2.55. The van der Waals surface area contributed by atoms with Crippen LogP contribution >= 0.6 is 11.6 Å². The standard InChI is InChI=1S/C12H13ClFNO2S/c1-12(2,8-15)5-6-18(16,17)9-3-4-11(14)10(13)7-9/h3-4,7H,5-6H2,1-2H3. The first-order valence-electron chi connectivity index (χ1n) is 5.27. The Hall–Kier alpha value is -1.12. The van der Waals surface area contributed by atoms with Gasteiger partial charge in [0.05, 0.1) is 27.2 Å². The molecule has 1 aromatic carbocycles. The number of nitrogens with zero attached hydrogens (tertiary/aromatic N) is 1. The highest BCUT2D eigenvalue weighted by Crippen LogP contribution is 2.24. The number of hydrogen-bond donors (Lipinski definition) is 0. The molecule has 98 valence electrons. The van der Waals surface area contributed by atoms with E-state index in [1.807, 2.05) is 6.07 Å². The fourth-order valence-electron chi connectivity index (χ4n) is 1.23. The summed E-state index contributed by atoms with van der Waals surface area (Å²) >= 11 is 5.55. The molecule has 0 fully saturated rings. The van der Waals surface area contributed by atoms with Crippen LogP contribution in [-0.2, 0) is 9.84 Å². The van der Waals surface area contributed by atoms with Gasteiger partial charge in [0.25, 0.3) is 0 Å². The molecule has 1 aromatic rings. The summed E-state index contributed by atoms with van der Waals surface area (Å²) in [7, 11) is -3.55. The fourth-order valence-corrected chi connectivity index (χ4v) is 3.07. The highest BCUT2D eigenvalue weighted by atomic mass is 35.5. The highest BCUT2D eigenvalue weighted by Gasteiger charge is 2.23. The number of halogens is 2. The molecule has 0 aliphatic heterocycles. The molecule has 0 saturated heterocycles. The van der Waals surface area contributed by atoms with Gasteiger partial charge in [-0.3, -0.25) is 0 Å². The highest BCUT2D eigenvalue weighted by molar-refractivity contribution is 7.91. The molecule has 1 rings (SSSR count). The van der Waals surface area contributed by atoms with Gasteiger partial charge in [0, 0.05) is 0 Å². The summed E-state index contributed by atoms with van der Waals surface area (Å²) in [5.74, 6) is -0.830. The van der Waals surface area contributed by atoms with E-state index in [2.05, 4.69) is 0 Å². The van der Waals surface area contributed by atoms with E-state index in [9.17, 15) is 12.8 Å². The van der Waals surface area contributed by atoms with Gasteiger partial charge >= 0.3 is 0 Å². The normalized spacial score (nSPS) is 12.2. The van der Waals surface area contributed by atoms with Crippen LogP contribution in [0.2, 0.25) is 5.02 Å². The van der Waals surface area contributed by atoms with Gasteiger partial charge in [0.1, 0.15) is 5.82 Å². The van der Waals surface area contributed by atoms with Crippen molar-refractivity contribution in [3.05, 3.63) is 29.0 Å². The molecule has 0 heterocycles. The van der Waals surface area contributed by atoms with Gasteiger partial charge in [-0.25, -0.2) is 12.8 Å². The monoisotopic (exact) mass is 289 g/mol. The van der Waals surface area contributed by atoms with Gasteiger partial charge in [-0.15, -0.1) is 0 Å². The van der Waals surface area contributed by atoms with Crippen LogP contribution in [0.4, 0.5) is 4.39 Å². The Morgan fingerprint density at radius 2 is 2.06 bits per heavy atom. The van der Waals surface area contributed by atoms with Crippen LogP contribution in [0.15, 0.2) is 23.1 Å². The molecular formula is C12H13ClFNO2S. The summed E-state index contributed by atoms with van der Waals surface area (Å²) in [6, 6.07) is 5.32. The Bertz CT molecular complexity index is 591. The van der Waals surface area contributed by atoms with Crippen molar-refractivity contribution in [1.82, 2.24) is 0 Å². The molecule has 0 aliphatic carbocycles. The first-order chi connectivity index (χ1) is 8.18. The van der Waals surface area contributed by atoms with Crippen molar-refractivity contribution < 1.29 is 12.8 Å². The predicted octanol–water partition coefficient (Wildman–Crippen LogP) is 3.19. The van der Waals surface area contributed by atoms with Crippen molar-refractivity contribution in [3.8, 4) is 6.07 Å². The van der Waals surface area contributed by atoms with E-state index in [1.54, 1.807) is 13.8 Å². The van der Waals surface area contributed by atoms with Crippen LogP contribution in [0.1, 0.15) is 20.3 Å². The molecule has 0 aliphatic rings. The van der Waals surface area contributed by atoms with Crippen molar-refractivity contribution >= 4 is 21.4 Å². The van der Waals surface area contributed by atoms with Crippen molar-refractivity contribution in [2.24, 2.45) is 5.41 Å². The Balaban J connectivity index is 2.94. The Labute approximate surface area is 111 Å². The molecule has 6 heteroatoms. The average molecular weight is 290 g/mol. The van der Waals surface area contributed by atoms with Crippen molar-refractivity contribution in [3.63, 3.8) is 0 Å². The summed E-state index contributed by atoms with van der Waals surface area (Å²) in [6.07, 6.45) is 0.209. The summed E-state index contributed by atoms with van der Waals surface area (Å²) in [5.41, 5.74) is -0.711. The molecule has 0 N–H and O–H groups in total. The van der Waals surface area contributed by atoms with Crippen LogP contribution in [0, 0.1) is 22.6 Å². The first-order valence-corrected chi connectivity index (χ1v) is 7.30. The van der Waals surface area contributed by atoms with Crippen LogP contribution in [0.25, 0.3) is 0 Å². The summed E-state index contributed by atoms with van der Waals surface area (Å²) < 4.78 is 36.9. The molecule has 0 aromatic heterocycles. The number of sulfone groups is 1. The molecule has 0 spiro atoms. The molecule has 0 bridgehead atoms. The number of nitriles is 1. The van der Waals surface area contributed by atoms with Crippen LogP contribution in [0.5, 0.6) is 0 Å². The second-order valence-corrected chi connectivity index (χ2v) is 7.16. The van der Waals surface area contributed by atoms with Gasteiger partial charge < -0.3 is 0 Å². The van der Waals surface area contributed by atoms with Crippen LogP contribution < -0.4 is 0 Å². The Kier molecular flexibility index (Phi) is 4.36. The minimum Gasteiger partial charge on any atom is -0.224 e. The lowest BCUT2D eigenvalue weighted by molar-refractivity contribution is 0.473. The first kappa shape index (κ1) is 14.9. The summed E-state index contributed by atoms with van der Waals surface area (Å²) in [4.78, 5) is -0.0253. The largest absolute Gasteiger partial charge is 0.224 e. The third kappa shape index (κ3) is 3.69. The molecule has 0 atom stereocenters. The van der Waals surface area contributed by atoms with Gasteiger partial charge in [-0.1, -0.05) is 11.6 Å². The second-order valence-electron chi connectivity index (χ2n) is 4.64. The van der Waals surface area contributed by atoms with E-state index >= 15 is 0 Å². The summed E-state index contributed by atoms with van der Waals surface area (Å²) in [6.45, 7) is 3.33. The summed E-state index contributed by atoms with van der Waals surface area (Å²) in [5, 5.41) is 8.60. The van der Waals surface area contributed by atoms with E-state index in [4.69, 9.17) is 16.9 Å². The lowest BCUT2D eigenvalue weighted by Crippen LogP contribution is -2.16. The van der Waals surface area contributed by atoms with Gasteiger partial charge in [-0.05, 0) is 38.5 Å². The quantitative estimate of drug-likeness (QED) is 0.800. The van der Waals surface area contributed by atoms with E-state index in [0.29, 0.717) is 0 Å². The van der Waals surface area contributed by atoms with Crippen molar-refractivity contribution in [1.29, 1.82) is 5.26 Å². The number of rotatable bonds is 4. The molecule has 0 saturated carbocycles. The fraction of sp³-hybridized carbons (Fsp3) is 0.417. The van der Waals surface area contributed by atoms with E-state index in [0.717, 1.165) is 12.1 Å². The minimum atomic E-state index is -3.55. The minimum absolute atomic E-state index is 0.0253. The van der Waals surface area contributed by atoms with Gasteiger partial charge in [0.2, 0.25) is 0 Å². The lowest BCUT2D eigenvalue weighted by atomic mass is 9.93. The molecule has 0 radical (unpaired) electrons. The predicted molar refractivity (Wildman–Crippen MR) is 67.5 cm³/mol. The molecule has 18 heavy (non-hydrogen) atoms. The van der Waals surface area contributed by atoms with E-state index in [-0.39, 0.29) is 22.1 Å². The number of hydrogen-bond acceptors (Lipinski definition) is 3. The third-order valence-corrected chi connectivity index (χ3v) is 4.55. The maximum Gasteiger partial charge on any atom is 0.178 e. The van der Waals surface area contributed by atoms with E-state index in [1.165, 1.54) is 6.07 Å². The molecule has 0 amide bonds. The van der Waals surface area contributed by atoms with Crippen molar-refractivity contribution in [2.45, 2.75) is 25.2 Å². The van der Waals surface area contributed by atoms with Crippen molar-refractivity contribution in [2.75, 3.05) is 5.75 Å². The van der Waals surface area contributed by atoms with Gasteiger partial charge in [-0.2, -0.15) is 5.26 Å². The van der Waals surface area contributed by atoms with Crippen LogP contribution in [0.3, 0.4) is 0 Å². The topological polar surface area (TPSA) is 57.9 Å².